The highest BCUT2D eigenvalue weighted by Gasteiger charge is 2.31. The quantitative estimate of drug-likeness (QED) is 0.612. The van der Waals surface area contributed by atoms with Crippen LogP contribution in [0.25, 0.3) is 0 Å². The van der Waals surface area contributed by atoms with E-state index >= 15 is 0 Å². The lowest BCUT2D eigenvalue weighted by Gasteiger charge is -2.37. The zero-order valence-electron chi connectivity index (χ0n) is 13.1. The summed E-state index contributed by atoms with van der Waals surface area (Å²) in [6, 6.07) is 0.864. The van der Waals surface area contributed by atoms with Crippen molar-refractivity contribution in [3.05, 3.63) is 12.2 Å². The first kappa shape index (κ1) is 15.1. The fraction of sp³-hybridized carbons (Fsp3) is 0.889. The molecule has 3 atom stereocenters. The third-order valence-electron chi connectivity index (χ3n) is 5.24. The van der Waals surface area contributed by atoms with Gasteiger partial charge in [-0.15, -0.1) is 0 Å². The Morgan fingerprint density at radius 1 is 1.11 bits per heavy atom. The Bertz CT molecular complexity index is 279. The van der Waals surface area contributed by atoms with E-state index < -0.39 is 0 Å². The molecule has 0 bridgehead atoms. The molecule has 1 nitrogen and oxygen atoms in total. The summed E-state index contributed by atoms with van der Waals surface area (Å²) in [5.74, 6) is 2.82. The molecule has 0 aromatic carbocycles. The Labute approximate surface area is 120 Å². The van der Waals surface area contributed by atoms with E-state index in [-0.39, 0.29) is 0 Å². The third-order valence-corrected chi connectivity index (χ3v) is 5.24. The van der Waals surface area contributed by atoms with E-state index in [1.807, 2.05) is 0 Å². The average Bonchev–Trinajstić information content (AvgIpc) is 3.22. The zero-order valence-corrected chi connectivity index (χ0v) is 13.1. The van der Waals surface area contributed by atoms with Crippen molar-refractivity contribution in [2.45, 2.75) is 77.7 Å². The molecule has 1 N–H and O–H groups in total. The van der Waals surface area contributed by atoms with Crippen LogP contribution in [-0.2, 0) is 0 Å². The number of nitrogens with one attached hydrogen (secondary N) is 1. The molecule has 2 rings (SSSR count). The van der Waals surface area contributed by atoms with Crippen LogP contribution in [0.1, 0.15) is 71.6 Å². The lowest BCUT2D eigenvalue weighted by Crippen LogP contribution is -2.34. The predicted molar refractivity (Wildman–Crippen MR) is 84.3 cm³/mol. The average molecular weight is 263 g/mol. The van der Waals surface area contributed by atoms with Gasteiger partial charge in [0.15, 0.2) is 0 Å². The van der Waals surface area contributed by atoms with E-state index in [1.165, 1.54) is 63.5 Å². The van der Waals surface area contributed by atoms with Crippen LogP contribution in [0.15, 0.2) is 12.2 Å². The molecule has 0 amide bonds. The van der Waals surface area contributed by atoms with Gasteiger partial charge in [-0.3, -0.25) is 0 Å². The molecule has 2 fully saturated rings. The molecule has 3 unspecified atom stereocenters. The molecule has 2 saturated carbocycles. The van der Waals surface area contributed by atoms with Crippen molar-refractivity contribution in [3.8, 4) is 0 Å². The summed E-state index contributed by atoms with van der Waals surface area (Å²) < 4.78 is 0. The Hall–Kier alpha value is -0.300. The van der Waals surface area contributed by atoms with E-state index in [2.05, 4.69) is 25.7 Å². The van der Waals surface area contributed by atoms with E-state index in [0.29, 0.717) is 0 Å². The van der Waals surface area contributed by atoms with Crippen LogP contribution in [-0.4, -0.2) is 12.6 Å². The summed E-state index contributed by atoms with van der Waals surface area (Å²) in [5, 5.41) is 3.76. The van der Waals surface area contributed by atoms with Crippen molar-refractivity contribution < 1.29 is 0 Å². The van der Waals surface area contributed by atoms with E-state index in [0.717, 1.165) is 30.2 Å². The topological polar surface area (TPSA) is 12.0 Å². The lowest BCUT2D eigenvalue weighted by atomic mass is 9.70. The van der Waals surface area contributed by atoms with Crippen LogP contribution in [0.3, 0.4) is 0 Å². The molecule has 2 aliphatic carbocycles. The Kier molecular flexibility index (Phi) is 5.94. The number of hydrogen-bond acceptors (Lipinski definition) is 1. The van der Waals surface area contributed by atoms with Gasteiger partial charge in [-0.2, -0.15) is 0 Å². The van der Waals surface area contributed by atoms with Gasteiger partial charge in [0, 0.05) is 6.04 Å². The highest BCUT2D eigenvalue weighted by molar-refractivity contribution is 4.98. The molecule has 0 aromatic heterocycles. The predicted octanol–water partition coefficient (Wildman–Crippen LogP) is 4.93. The zero-order chi connectivity index (χ0) is 13.7. The summed E-state index contributed by atoms with van der Waals surface area (Å²) in [6.45, 7) is 10.1. The van der Waals surface area contributed by atoms with Gasteiger partial charge < -0.3 is 5.32 Å². The van der Waals surface area contributed by atoms with E-state index in [4.69, 9.17) is 0 Å². The Morgan fingerprint density at radius 2 is 1.89 bits per heavy atom. The van der Waals surface area contributed by atoms with Gasteiger partial charge in [-0.25, -0.2) is 0 Å². The second kappa shape index (κ2) is 7.47. The highest BCUT2D eigenvalue weighted by atomic mass is 14.9. The summed E-state index contributed by atoms with van der Waals surface area (Å²) in [7, 11) is 0. The van der Waals surface area contributed by atoms with Crippen molar-refractivity contribution in [1.82, 2.24) is 5.32 Å². The first-order valence-electron chi connectivity index (χ1n) is 8.62. The van der Waals surface area contributed by atoms with Crippen molar-refractivity contribution >= 4 is 0 Å². The normalized spacial score (nSPS) is 31.4. The smallest absolute Gasteiger partial charge is 0.00683 e. The maximum Gasteiger partial charge on any atom is 0.00683 e. The minimum Gasteiger partial charge on any atom is -0.314 e. The molecule has 0 aliphatic heterocycles. The highest BCUT2D eigenvalue weighted by Crippen LogP contribution is 2.39. The van der Waals surface area contributed by atoms with Crippen molar-refractivity contribution in [2.75, 3.05) is 6.54 Å². The summed E-state index contributed by atoms with van der Waals surface area (Å²) in [5.41, 5.74) is 1.47. The van der Waals surface area contributed by atoms with Crippen molar-refractivity contribution in [3.63, 3.8) is 0 Å². The maximum absolute atomic E-state index is 4.26. The summed E-state index contributed by atoms with van der Waals surface area (Å²) >= 11 is 0. The molecular formula is C18H33N. The fourth-order valence-electron chi connectivity index (χ4n) is 3.73. The summed E-state index contributed by atoms with van der Waals surface area (Å²) in [4.78, 5) is 0. The SMILES string of the molecule is C=C(CC)CC1CC(CCC)CCC1CNC1CC1. The van der Waals surface area contributed by atoms with Gasteiger partial charge in [0.25, 0.3) is 0 Å². The van der Waals surface area contributed by atoms with Crippen LogP contribution >= 0.6 is 0 Å². The largest absolute Gasteiger partial charge is 0.314 e. The molecule has 19 heavy (non-hydrogen) atoms. The van der Waals surface area contributed by atoms with Crippen LogP contribution in [0, 0.1) is 17.8 Å². The number of rotatable bonds is 8. The van der Waals surface area contributed by atoms with Gasteiger partial charge in [0.05, 0.1) is 0 Å². The van der Waals surface area contributed by atoms with Crippen molar-refractivity contribution in [2.24, 2.45) is 17.8 Å². The van der Waals surface area contributed by atoms with Gasteiger partial charge in [0.1, 0.15) is 0 Å². The molecule has 0 radical (unpaired) electrons. The Morgan fingerprint density at radius 3 is 2.53 bits per heavy atom. The second-order valence-electron chi connectivity index (χ2n) is 6.98. The first-order chi connectivity index (χ1) is 9.22. The van der Waals surface area contributed by atoms with Crippen molar-refractivity contribution in [1.29, 1.82) is 0 Å². The van der Waals surface area contributed by atoms with Gasteiger partial charge in [0.2, 0.25) is 0 Å². The molecule has 0 aromatic rings. The van der Waals surface area contributed by atoms with E-state index in [1.54, 1.807) is 0 Å². The molecule has 0 saturated heterocycles. The van der Waals surface area contributed by atoms with Crippen LogP contribution in [0.4, 0.5) is 0 Å². The molecule has 1 heteroatoms. The number of allylic oxidation sites excluding steroid dienone is 1. The van der Waals surface area contributed by atoms with E-state index in [9.17, 15) is 0 Å². The maximum atomic E-state index is 4.26. The Balaban J connectivity index is 1.84. The fourth-order valence-corrected chi connectivity index (χ4v) is 3.73. The minimum absolute atomic E-state index is 0.864. The first-order valence-corrected chi connectivity index (χ1v) is 8.62. The van der Waals surface area contributed by atoms with Gasteiger partial charge in [-0.05, 0) is 62.8 Å². The standard InChI is InChI=1S/C18H33N/c1-4-6-15-7-8-16(13-19-18-9-10-18)17(12-15)11-14(3)5-2/h15-19H,3-13H2,1-2H3. The minimum atomic E-state index is 0.864. The molecule has 110 valence electrons. The third kappa shape index (κ3) is 4.95. The van der Waals surface area contributed by atoms with Crippen LogP contribution < -0.4 is 5.32 Å². The lowest BCUT2D eigenvalue weighted by molar-refractivity contribution is 0.166. The van der Waals surface area contributed by atoms with Crippen LogP contribution in [0.5, 0.6) is 0 Å². The molecule has 0 spiro atoms. The van der Waals surface area contributed by atoms with Gasteiger partial charge >= 0.3 is 0 Å². The molecule has 2 aliphatic rings. The van der Waals surface area contributed by atoms with Crippen LogP contribution in [0.2, 0.25) is 0 Å². The monoisotopic (exact) mass is 263 g/mol. The second-order valence-corrected chi connectivity index (χ2v) is 6.98. The summed E-state index contributed by atoms with van der Waals surface area (Å²) in [6.07, 6.45) is 12.5. The van der Waals surface area contributed by atoms with Gasteiger partial charge in [-0.1, -0.05) is 45.3 Å². The molecule has 0 heterocycles. The number of hydrogen-bond donors (Lipinski definition) is 1. The molecular weight excluding hydrogens is 230 g/mol.